The first kappa shape index (κ1) is 13.3. The van der Waals surface area contributed by atoms with Gasteiger partial charge in [-0.25, -0.2) is 0 Å². The highest BCUT2D eigenvalue weighted by atomic mass is 16.2. The molecule has 0 radical (unpaired) electrons. The van der Waals surface area contributed by atoms with Crippen molar-refractivity contribution in [2.24, 2.45) is 5.73 Å². The van der Waals surface area contributed by atoms with Crippen molar-refractivity contribution in [3.8, 4) is 11.8 Å². The summed E-state index contributed by atoms with van der Waals surface area (Å²) in [5.74, 6) is 5.99. The van der Waals surface area contributed by atoms with Gasteiger partial charge in [0.2, 0.25) is 5.91 Å². The summed E-state index contributed by atoms with van der Waals surface area (Å²) >= 11 is 0. The second-order valence-corrected chi connectivity index (χ2v) is 3.77. The molecule has 1 aromatic carbocycles. The smallest absolute Gasteiger partial charge is 0.222 e. The van der Waals surface area contributed by atoms with Crippen molar-refractivity contribution < 1.29 is 4.79 Å². The van der Waals surface area contributed by atoms with Crippen molar-refractivity contribution in [3.63, 3.8) is 0 Å². The highest BCUT2D eigenvalue weighted by Gasteiger charge is 2.08. The number of hydrogen-bond acceptors (Lipinski definition) is 2. The molecule has 1 rings (SSSR count). The van der Waals surface area contributed by atoms with Gasteiger partial charge < -0.3 is 10.6 Å². The maximum atomic E-state index is 11.5. The van der Waals surface area contributed by atoms with Crippen molar-refractivity contribution in [2.75, 3.05) is 13.6 Å². The van der Waals surface area contributed by atoms with E-state index in [1.54, 1.807) is 11.9 Å². The summed E-state index contributed by atoms with van der Waals surface area (Å²) in [6, 6.07) is 7.82. The van der Waals surface area contributed by atoms with E-state index in [9.17, 15) is 4.79 Å². The van der Waals surface area contributed by atoms with E-state index < -0.39 is 0 Å². The number of carbonyl (C=O) groups excluding carboxylic acids is 1. The summed E-state index contributed by atoms with van der Waals surface area (Å²) in [6.45, 7) is 2.79. The lowest BCUT2D eigenvalue weighted by molar-refractivity contribution is -0.130. The van der Waals surface area contributed by atoms with Gasteiger partial charge in [-0.05, 0) is 11.6 Å². The highest BCUT2D eigenvalue weighted by molar-refractivity contribution is 5.75. The Hall–Kier alpha value is -1.79. The van der Waals surface area contributed by atoms with Crippen LogP contribution in [0.3, 0.4) is 0 Å². The number of benzene rings is 1. The molecule has 90 valence electrons. The van der Waals surface area contributed by atoms with Crippen LogP contribution in [-0.2, 0) is 11.3 Å². The van der Waals surface area contributed by atoms with Gasteiger partial charge in [0.25, 0.3) is 0 Å². The monoisotopic (exact) mass is 230 g/mol. The topological polar surface area (TPSA) is 46.3 Å². The molecule has 1 amide bonds. The highest BCUT2D eigenvalue weighted by Crippen LogP contribution is 2.10. The predicted molar refractivity (Wildman–Crippen MR) is 69.1 cm³/mol. The van der Waals surface area contributed by atoms with Crippen LogP contribution < -0.4 is 5.73 Å². The summed E-state index contributed by atoms with van der Waals surface area (Å²) in [6.07, 6.45) is 0.521. The summed E-state index contributed by atoms with van der Waals surface area (Å²) in [5.41, 5.74) is 7.35. The van der Waals surface area contributed by atoms with Gasteiger partial charge in [0.15, 0.2) is 0 Å². The minimum absolute atomic E-state index is 0.131. The van der Waals surface area contributed by atoms with Crippen molar-refractivity contribution >= 4 is 5.91 Å². The van der Waals surface area contributed by atoms with Crippen LogP contribution in [0.2, 0.25) is 0 Å². The zero-order chi connectivity index (χ0) is 12.7. The third-order valence-corrected chi connectivity index (χ3v) is 2.48. The van der Waals surface area contributed by atoms with Gasteiger partial charge in [-0.1, -0.05) is 37.0 Å². The van der Waals surface area contributed by atoms with Gasteiger partial charge in [-0.15, -0.1) is 0 Å². The number of amides is 1. The van der Waals surface area contributed by atoms with E-state index in [1.807, 2.05) is 31.2 Å². The van der Waals surface area contributed by atoms with Crippen LogP contribution in [0.4, 0.5) is 0 Å². The number of carbonyl (C=O) groups is 1. The van der Waals surface area contributed by atoms with Crippen molar-refractivity contribution in [3.05, 3.63) is 35.4 Å². The first-order chi connectivity index (χ1) is 8.19. The standard InChI is InChI=1S/C14H18N2O/c1-3-14(17)16(2)11-13-8-5-4-7-12(13)9-6-10-15/h4-5,7-8H,3,10-11,15H2,1-2H3. The van der Waals surface area contributed by atoms with Crippen molar-refractivity contribution in [1.29, 1.82) is 0 Å². The second kappa shape index (κ2) is 6.72. The van der Waals surface area contributed by atoms with Gasteiger partial charge in [0.05, 0.1) is 6.54 Å². The molecule has 0 aliphatic carbocycles. The molecule has 0 heterocycles. The number of hydrogen-bond donors (Lipinski definition) is 1. The molecule has 0 aliphatic heterocycles. The minimum atomic E-state index is 0.131. The Balaban J connectivity index is 2.87. The maximum Gasteiger partial charge on any atom is 0.222 e. The molecule has 0 atom stereocenters. The van der Waals surface area contributed by atoms with E-state index in [2.05, 4.69) is 11.8 Å². The van der Waals surface area contributed by atoms with Gasteiger partial charge in [-0.2, -0.15) is 0 Å². The molecule has 0 saturated carbocycles. The molecule has 3 heteroatoms. The minimum Gasteiger partial charge on any atom is -0.341 e. The molecule has 0 spiro atoms. The van der Waals surface area contributed by atoms with E-state index in [4.69, 9.17) is 5.73 Å². The molecule has 0 unspecified atom stereocenters. The van der Waals surface area contributed by atoms with E-state index >= 15 is 0 Å². The molecular weight excluding hydrogens is 212 g/mol. The van der Waals surface area contributed by atoms with Crippen molar-refractivity contribution in [2.45, 2.75) is 19.9 Å². The quantitative estimate of drug-likeness (QED) is 0.797. The average Bonchev–Trinajstić information content (AvgIpc) is 2.36. The Labute approximate surface area is 103 Å². The normalized spacial score (nSPS) is 9.35. The molecule has 0 aliphatic rings. The molecule has 0 fully saturated rings. The Morgan fingerprint density at radius 3 is 2.76 bits per heavy atom. The van der Waals surface area contributed by atoms with Crippen LogP contribution in [0.5, 0.6) is 0 Å². The molecule has 2 N–H and O–H groups in total. The third kappa shape index (κ3) is 3.93. The zero-order valence-electron chi connectivity index (χ0n) is 10.4. The summed E-state index contributed by atoms with van der Waals surface area (Å²) in [5, 5.41) is 0. The van der Waals surface area contributed by atoms with Crippen molar-refractivity contribution in [1.82, 2.24) is 4.90 Å². The fraction of sp³-hybridized carbons (Fsp3) is 0.357. The first-order valence-corrected chi connectivity index (χ1v) is 5.69. The van der Waals surface area contributed by atoms with E-state index in [-0.39, 0.29) is 5.91 Å². The lowest BCUT2D eigenvalue weighted by Crippen LogP contribution is -2.25. The van der Waals surface area contributed by atoms with E-state index in [1.165, 1.54) is 0 Å². The lowest BCUT2D eigenvalue weighted by atomic mass is 10.1. The predicted octanol–water partition coefficient (Wildman–Crippen LogP) is 1.37. The molecular formula is C14H18N2O. The van der Waals surface area contributed by atoms with Crippen LogP contribution in [0.1, 0.15) is 24.5 Å². The van der Waals surface area contributed by atoms with Gasteiger partial charge in [0.1, 0.15) is 0 Å². The summed E-state index contributed by atoms with van der Waals surface area (Å²) < 4.78 is 0. The Bertz CT molecular complexity index is 443. The third-order valence-electron chi connectivity index (χ3n) is 2.48. The lowest BCUT2D eigenvalue weighted by Gasteiger charge is -2.17. The van der Waals surface area contributed by atoms with Crippen LogP contribution in [-0.4, -0.2) is 24.4 Å². The number of nitrogens with zero attached hydrogens (tertiary/aromatic N) is 1. The molecule has 17 heavy (non-hydrogen) atoms. The Morgan fingerprint density at radius 2 is 2.12 bits per heavy atom. The van der Waals surface area contributed by atoms with Gasteiger partial charge in [-0.3, -0.25) is 4.79 Å². The first-order valence-electron chi connectivity index (χ1n) is 5.69. The SMILES string of the molecule is CCC(=O)N(C)Cc1ccccc1C#CCN. The second-order valence-electron chi connectivity index (χ2n) is 3.77. The number of nitrogens with two attached hydrogens (primary N) is 1. The maximum absolute atomic E-state index is 11.5. The van der Waals surface area contributed by atoms with Crippen LogP contribution >= 0.6 is 0 Å². The molecule has 3 nitrogen and oxygen atoms in total. The molecule has 0 saturated heterocycles. The summed E-state index contributed by atoms with van der Waals surface area (Å²) in [7, 11) is 1.80. The fourth-order valence-electron chi connectivity index (χ4n) is 1.54. The Morgan fingerprint density at radius 1 is 1.41 bits per heavy atom. The molecule has 0 bridgehead atoms. The van der Waals surface area contributed by atoms with E-state index in [0.717, 1.165) is 11.1 Å². The van der Waals surface area contributed by atoms with Crippen LogP contribution in [0.25, 0.3) is 0 Å². The van der Waals surface area contributed by atoms with Gasteiger partial charge in [0, 0.05) is 25.6 Å². The van der Waals surface area contributed by atoms with Crippen LogP contribution in [0, 0.1) is 11.8 Å². The molecule has 1 aromatic rings. The summed E-state index contributed by atoms with van der Waals surface area (Å²) in [4.78, 5) is 13.2. The zero-order valence-corrected chi connectivity index (χ0v) is 10.4. The average molecular weight is 230 g/mol. The van der Waals surface area contributed by atoms with E-state index in [0.29, 0.717) is 19.5 Å². The number of rotatable bonds is 3. The molecule has 0 aromatic heterocycles. The fourth-order valence-corrected chi connectivity index (χ4v) is 1.54. The van der Waals surface area contributed by atoms with Gasteiger partial charge >= 0.3 is 0 Å². The Kier molecular flexibility index (Phi) is 5.25. The van der Waals surface area contributed by atoms with Crippen LogP contribution in [0.15, 0.2) is 24.3 Å². The largest absolute Gasteiger partial charge is 0.341 e.